The summed E-state index contributed by atoms with van der Waals surface area (Å²) in [5.41, 5.74) is 0.620. The van der Waals surface area contributed by atoms with Crippen molar-refractivity contribution in [2.24, 2.45) is 0 Å². The lowest BCUT2D eigenvalue weighted by Gasteiger charge is -2.32. The number of aryl methyl sites for hydroxylation is 2. The van der Waals surface area contributed by atoms with Gasteiger partial charge in [-0.3, -0.25) is 4.90 Å². The van der Waals surface area contributed by atoms with Crippen molar-refractivity contribution in [2.75, 3.05) is 18.4 Å². The topological polar surface area (TPSA) is 114 Å². The molecule has 2 N–H and O–H groups in total. The number of aromatic nitrogens is 2. The van der Waals surface area contributed by atoms with Crippen molar-refractivity contribution in [3.8, 4) is 16.3 Å². The number of hydrogen-bond acceptors (Lipinski definition) is 8. The number of nitrogens with zero attached hydrogens (tertiary/aromatic N) is 3. The summed E-state index contributed by atoms with van der Waals surface area (Å²) in [7, 11) is 0. The molecule has 2 heterocycles. The Morgan fingerprint density at radius 2 is 1.91 bits per heavy atom. The summed E-state index contributed by atoms with van der Waals surface area (Å²) in [5.74, 6) is -0.402. The molecule has 192 valence electrons. The van der Waals surface area contributed by atoms with E-state index < -0.39 is 29.3 Å². The van der Waals surface area contributed by atoms with Gasteiger partial charge in [-0.25, -0.2) is 9.59 Å². The van der Waals surface area contributed by atoms with Crippen LogP contribution in [0.5, 0.6) is 5.75 Å². The fourth-order valence-electron chi connectivity index (χ4n) is 4.11. The van der Waals surface area contributed by atoms with Gasteiger partial charge in [0, 0.05) is 18.5 Å². The fraction of sp³-hybridized carbons (Fsp3) is 0.600. The lowest BCUT2D eigenvalue weighted by Crippen LogP contribution is -2.52. The molecule has 35 heavy (non-hydrogen) atoms. The number of aliphatic carboxylic acids is 1. The van der Waals surface area contributed by atoms with Gasteiger partial charge in [-0.05, 0) is 71.2 Å². The van der Waals surface area contributed by atoms with Gasteiger partial charge in [0.05, 0.1) is 6.54 Å². The quantitative estimate of drug-likeness (QED) is 0.468. The minimum Gasteiger partial charge on any atom is -0.488 e. The summed E-state index contributed by atoms with van der Waals surface area (Å²) in [6.45, 7) is 13.8. The Balaban J connectivity index is 1.78. The molecule has 0 spiro atoms. The van der Waals surface area contributed by atoms with Crippen LogP contribution in [-0.2, 0) is 9.53 Å². The minimum absolute atomic E-state index is 0.127. The van der Waals surface area contributed by atoms with Gasteiger partial charge in [0.25, 0.3) is 0 Å². The number of hydrogen-bond donors (Lipinski definition) is 2. The summed E-state index contributed by atoms with van der Waals surface area (Å²) in [6.07, 6.45) is 1.21. The van der Waals surface area contributed by atoms with E-state index in [-0.39, 0.29) is 13.0 Å². The van der Waals surface area contributed by atoms with E-state index in [1.807, 2.05) is 26.0 Å². The molecular weight excluding hydrogens is 468 g/mol. The van der Waals surface area contributed by atoms with E-state index in [0.717, 1.165) is 46.2 Å². The number of rotatable bonds is 8. The van der Waals surface area contributed by atoms with Gasteiger partial charge < -0.3 is 19.9 Å². The monoisotopic (exact) mass is 504 g/mol. The number of unbranched alkanes of at least 4 members (excludes halogenated alkanes) is 1. The molecule has 1 saturated heterocycles. The maximum absolute atomic E-state index is 12.8. The van der Waals surface area contributed by atoms with Crippen molar-refractivity contribution in [1.82, 2.24) is 15.1 Å². The Kier molecular flexibility index (Phi) is 7.93. The first-order chi connectivity index (χ1) is 16.3. The highest BCUT2D eigenvalue weighted by Gasteiger charge is 2.52. The first-order valence-corrected chi connectivity index (χ1v) is 12.8. The average molecular weight is 505 g/mol. The zero-order chi connectivity index (χ0) is 26.0. The van der Waals surface area contributed by atoms with Crippen LogP contribution < -0.4 is 10.1 Å². The molecule has 9 nitrogen and oxygen atoms in total. The highest BCUT2D eigenvalue weighted by Crippen LogP contribution is 2.37. The summed E-state index contributed by atoms with van der Waals surface area (Å²) in [6, 6.07) is 3.99. The largest absolute Gasteiger partial charge is 0.488 e. The van der Waals surface area contributed by atoms with Crippen LogP contribution in [0.2, 0.25) is 0 Å². The van der Waals surface area contributed by atoms with E-state index in [4.69, 9.17) is 9.47 Å². The molecule has 1 aromatic carbocycles. The van der Waals surface area contributed by atoms with E-state index in [0.29, 0.717) is 5.75 Å². The Labute approximate surface area is 210 Å². The number of ether oxygens (including phenoxy) is 2. The minimum atomic E-state index is -1.41. The van der Waals surface area contributed by atoms with Gasteiger partial charge in [0.2, 0.25) is 5.13 Å². The highest BCUT2D eigenvalue weighted by molar-refractivity contribution is 7.18. The molecule has 0 saturated carbocycles. The van der Waals surface area contributed by atoms with Gasteiger partial charge in [0.1, 0.15) is 28.0 Å². The van der Waals surface area contributed by atoms with Crippen molar-refractivity contribution in [2.45, 2.75) is 85.0 Å². The summed E-state index contributed by atoms with van der Waals surface area (Å²) in [4.78, 5) is 26.1. The molecule has 0 radical (unpaired) electrons. The van der Waals surface area contributed by atoms with E-state index in [2.05, 4.69) is 22.4 Å². The van der Waals surface area contributed by atoms with Crippen LogP contribution in [0.4, 0.5) is 9.93 Å². The summed E-state index contributed by atoms with van der Waals surface area (Å²) >= 11 is 1.51. The van der Waals surface area contributed by atoms with Crippen molar-refractivity contribution in [3.63, 3.8) is 0 Å². The third kappa shape index (κ3) is 6.22. The molecule has 10 heteroatoms. The van der Waals surface area contributed by atoms with Crippen LogP contribution in [0.15, 0.2) is 12.1 Å². The maximum Gasteiger partial charge on any atom is 0.411 e. The number of nitrogens with one attached hydrogen (secondary N) is 1. The smallest absolute Gasteiger partial charge is 0.411 e. The Morgan fingerprint density at radius 1 is 1.26 bits per heavy atom. The molecule has 0 aliphatic carbocycles. The number of likely N-dealkylation sites (tertiary alicyclic amines) is 1. The molecule has 1 aromatic heterocycles. The van der Waals surface area contributed by atoms with Gasteiger partial charge in [-0.1, -0.05) is 24.7 Å². The van der Waals surface area contributed by atoms with Gasteiger partial charge >= 0.3 is 12.1 Å². The molecule has 2 atom stereocenters. The van der Waals surface area contributed by atoms with Crippen molar-refractivity contribution in [3.05, 3.63) is 23.3 Å². The van der Waals surface area contributed by atoms with E-state index in [1.54, 1.807) is 20.8 Å². The number of carboxylic acids is 1. The van der Waals surface area contributed by atoms with Gasteiger partial charge in [-0.15, -0.1) is 10.2 Å². The van der Waals surface area contributed by atoms with Crippen LogP contribution >= 0.6 is 11.3 Å². The molecule has 2 aromatic rings. The Bertz CT molecular complexity index is 1060. The van der Waals surface area contributed by atoms with Crippen LogP contribution in [0.3, 0.4) is 0 Å². The zero-order valence-electron chi connectivity index (χ0n) is 21.6. The maximum atomic E-state index is 12.8. The third-order valence-corrected chi connectivity index (χ3v) is 6.84. The number of carbonyl (C=O) groups excluding carboxylic acids is 1. The second-order valence-electron chi connectivity index (χ2n) is 10.2. The molecule has 1 aliphatic rings. The normalized spacial score (nSPS) is 20.1. The Morgan fingerprint density at radius 3 is 2.49 bits per heavy atom. The SMILES string of the molecule is CCCCNc1nnc(-c2cc(C)c(O[C@@H]3CN(C(=O)OC(C)(C)C)[C@](C)(C(=O)O)C3)c(C)c2)s1. The fourth-order valence-corrected chi connectivity index (χ4v) is 4.86. The number of carboxylic acid groups (broad SMARTS) is 1. The lowest BCUT2D eigenvalue weighted by atomic mass is 9.98. The standard InChI is InChI=1S/C25H36N4O5S/c1-8-9-10-26-22-28-27-20(35-22)17-11-15(2)19(16(3)12-17)33-18-13-25(7,21(30)31)29(14-18)23(32)34-24(4,5)6/h11-12,18H,8-10,13-14H2,1-7H3,(H,26,28)(H,30,31)/t18-,25-/m0/s1. The molecule has 1 fully saturated rings. The number of amides is 1. The predicted molar refractivity (Wildman–Crippen MR) is 136 cm³/mol. The number of benzene rings is 1. The van der Waals surface area contributed by atoms with Crippen molar-refractivity contribution < 1.29 is 24.2 Å². The highest BCUT2D eigenvalue weighted by atomic mass is 32.1. The molecular formula is C25H36N4O5S. The zero-order valence-corrected chi connectivity index (χ0v) is 22.4. The second-order valence-corrected chi connectivity index (χ2v) is 11.2. The number of carbonyl (C=O) groups is 2. The predicted octanol–water partition coefficient (Wildman–Crippen LogP) is 5.27. The molecule has 1 aliphatic heterocycles. The van der Waals surface area contributed by atoms with Gasteiger partial charge in [0.15, 0.2) is 0 Å². The Hall–Kier alpha value is -2.88. The number of anilines is 1. The van der Waals surface area contributed by atoms with Crippen LogP contribution in [0.1, 0.15) is 65.0 Å². The van der Waals surface area contributed by atoms with E-state index >= 15 is 0 Å². The molecule has 0 bridgehead atoms. The molecule has 3 rings (SSSR count). The summed E-state index contributed by atoms with van der Waals surface area (Å²) in [5, 5.41) is 23.4. The molecule has 0 unspecified atom stereocenters. The van der Waals surface area contributed by atoms with Gasteiger partial charge in [-0.2, -0.15) is 0 Å². The first kappa shape index (κ1) is 26.7. The third-order valence-electron chi connectivity index (χ3n) is 5.91. The van der Waals surface area contributed by atoms with E-state index in [9.17, 15) is 14.7 Å². The lowest BCUT2D eigenvalue weighted by molar-refractivity contribution is -0.148. The average Bonchev–Trinajstić information content (AvgIpc) is 3.35. The van der Waals surface area contributed by atoms with Crippen molar-refractivity contribution >= 4 is 28.5 Å². The van der Waals surface area contributed by atoms with Crippen LogP contribution in [-0.4, -0.2) is 62.6 Å². The second kappa shape index (κ2) is 10.4. The summed E-state index contributed by atoms with van der Waals surface area (Å²) < 4.78 is 11.8. The van der Waals surface area contributed by atoms with Crippen LogP contribution in [0.25, 0.3) is 10.6 Å². The van der Waals surface area contributed by atoms with Crippen molar-refractivity contribution in [1.29, 1.82) is 0 Å². The van der Waals surface area contributed by atoms with E-state index in [1.165, 1.54) is 23.2 Å². The first-order valence-electron chi connectivity index (χ1n) is 11.9. The molecule has 1 amide bonds. The van der Waals surface area contributed by atoms with Crippen LogP contribution in [0, 0.1) is 13.8 Å².